The summed E-state index contributed by atoms with van der Waals surface area (Å²) >= 11 is 5.24. The van der Waals surface area contributed by atoms with Crippen molar-refractivity contribution in [3.63, 3.8) is 0 Å². The molecule has 5 heteroatoms. The monoisotopic (exact) mass is 263 g/mol. The van der Waals surface area contributed by atoms with Crippen molar-refractivity contribution >= 4 is 28.9 Å². The maximum atomic E-state index is 11.3. The van der Waals surface area contributed by atoms with Crippen molar-refractivity contribution in [3.8, 4) is 0 Å². The Hall–Kier alpha value is -1.62. The third-order valence-electron chi connectivity index (χ3n) is 3.23. The highest BCUT2D eigenvalue weighted by Gasteiger charge is 2.31. The van der Waals surface area contributed by atoms with Gasteiger partial charge in [-0.05, 0) is 37.2 Å². The van der Waals surface area contributed by atoms with Crippen molar-refractivity contribution in [2.45, 2.75) is 25.3 Å². The molecule has 1 fully saturated rings. The molecule has 1 aromatic rings. The number of amides is 1. The molecule has 0 spiro atoms. The molecular weight excluding hydrogens is 246 g/mol. The molecule has 1 amide bonds. The first-order valence-corrected chi connectivity index (χ1v) is 6.49. The Bertz CT molecular complexity index is 435. The molecule has 0 aromatic heterocycles. The van der Waals surface area contributed by atoms with E-state index in [-0.39, 0.29) is 17.9 Å². The van der Waals surface area contributed by atoms with Crippen molar-refractivity contribution in [2.24, 2.45) is 11.7 Å². The van der Waals surface area contributed by atoms with Gasteiger partial charge in [0.15, 0.2) is 5.11 Å². The van der Waals surface area contributed by atoms with Crippen LogP contribution in [0.3, 0.4) is 0 Å². The summed E-state index contributed by atoms with van der Waals surface area (Å²) in [6.45, 7) is 0. The van der Waals surface area contributed by atoms with E-state index in [4.69, 9.17) is 18.0 Å². The summed E-state index contributed by atoms with van der Waals surface area (Å²) in [5.41, 5.74) is 6.31. The molecule has 18 heavy (non-hydrogen) atoms. The molecular formula is C13H17N3OS. The van der Waals surface area contributed by atoms with Crippen molar-refractivity contribution < 1.29 is 4.79 Å². The van der Waals surface area contributed by atoms with E-state index in [1.54, 1.807) is 0 Å². The smallest absolute Gasteiger partial charge is 0.222 e. The van der Waals surface area contributed by atoms with Crippen LogP contribution in [0.2, 0.25) is 0 Å². The van der Waals surface area contributed by atoms with Crippen LogP contribution in [0.25, 0.3) is 0 Å². The molecule has 0 saturated heterocycles. The van der Waals surface area contributed by atoms with Crippen LogP contribution in [0, 0.1) is 5.92 Å². The van der Waals surface area contributed by atoms with Crippen LogP contribution in [0.5, 0.6) is 0 Å². The number of nitrogens with one attached hydrogen (secondary N) is 2. The Balaban J connectivity index is 1.90. The van der Waals surface area contributed by atoms with Crippen molar-refractivity contribution in [3.05, 3.63) is 30.3 Å². The average molecular weight is 263 g/mol. The first kappa shape index (κ1) is 12.8. The van der Waals surface area contributed by atoms with E-state index in [9.17, 15) is 4.79 Å². The molecule has 0 bridgehead atoms. The van der Waals surface area contributed by atoms with Gasteiger partial charge in [0.25, 0.3) is 0 Å². The van der Waals surface area contributed by atoms with Gasteiger partial charge in [-0.15, -0.1) is 0 Å². The standard InChI is InChI=1S/C13H17N3OS/c14-12(17)10-7-4-8-11(10)16-13(18)15-9-5-2-1-3-6-9/h1-3,5-6,10-11H,4,7-8H2,(H2,14,17)(H2,15,16,18)/t10-,11-/m0/s1. The fourth-order valence-corrected chi connectivity index (χ4v) is 2.60. The molecule has 0 heterocycles. The van der Waals surface area contributed by atoms with Gasteiger partial charge in [-0.2, -0.15) is 0 Å². The Morgan fingerprint density at radius 2 is 2.00 bits per heavy atom. The molecule has 4 N–H and O–H groups in total. The summed E-state index contributed by atoms with van der Waals surface area (Å²) in [6, 6.07) is 9.76. The predicted molar refractivity (Wildman–Crippen MR) is 76.1 cm³/mol. The van der Waals surface area contributed by atoms with Crippen molar-refractivity contribution in [1.82, 2.24) is 5.32 Å². The number of anilines is 1. The number of nitrogens with two attached hydrogens (primary N) is 1. The summed E-state index contributed by atoms with van der Waals surface area (Å²) in [4.78, 5) is 11.3. The van der Waals surface area contributed by atoms with E-state index in [0.29, 0.717) is 5.11 Å². The summed E-state index contributed by atoms with van der Waals surface area (Å²) in [7, 11) is 0. The van der Waals surface area contributed by atoms with E-state index >= 15 is 0 Å². The minimum absolute atomic E-state index is 0.0613. The summed E-state index contributed by atoms with van der Waals surface area (Å²) < 4.78 is 0. The lowest BCUT2D eigenvalue weighted by atomic mass is 10.0. The topological polar surface area (TPSA) is 67.2 Å². The lowest BCUT2D eigenvalue weighted by Crippen LogP contribution is -2.43. The van der Waals surface area contributed by atoms with Crippen molar-refractivity contribution in [2.75, 3.05) is 5.32 Å². The predicted octanol–water partition coefficient (Wildman–Crippen LogP) is 1.63. The van der Waals surface area contributed by atoms with Gasteiger partial charge in [0.1, 0.15) is 0 Å². The number of primary amides is 1. The fraction of sp³-hybridized carbons (Fsp3) is 0.385. The quantitative estimate of drug-likeness (QED) is 0.725. The fourth-order valence-electron chi connectivity index (χ4n) is 2.33. The van der Waals surface area contributed by atoms with E-state index < -0.39 is 0 Å². The van der Waals surface area contributed by atoms with Crippen LogP contribution < -0.4 is 16.4 Å². The third-order valence-corrected chi connectivity index (χ3v) is 3.45. The lowest BCUT2D eigenvalue weighted by Gasteiger charge is -2.20. The second kappa shape index (κ2) is 5.82. The zero-order chi connectivity index (χ0) is 13.0. The maximum absolute atomic E-state index is 11.3. The van der Waals surface area contributed by atoms with Gasteiger partial charge in [-0.25, -0.2) is 0 Å². The number of hydrogen-bond acceptors (Lipinski definition) is 2. The highest BCUT2D eigenvalue weighted by Crippen LogP contribution is 2.25. The van der Waals surface area contributed by atoms with Crippen LogP contribution in [0.15, 0.2) is 30.3 Å². The molecule has 1 aliphatic rings. The van der Waals surface area contributed by atoms with Crippen LogP contribution in [0.1, 0.15) is 19.3 Å². The Kier molecular flexibility index (Phi) is 4.15. The largest absolute Gasteiger partial charge is 0.369 e. The summed E-state index contributed by atoms with van der Waals surface area (Å²) in [6.07, 6.45) is 2.80. The van der Waals surface area contributed by atoms with E-state index in [0.717, 1.165) is 24.9 Å². The molecule has 2 atom stereocenters. The molecule has 4 nitrogen and oxygen atoms in total. The second-order valence-electron chi connectivity index (χ2n) is 4.51. The molecule has 0 unspecified atom stereocenters. The molecule has 0 aliphatic heterocycles. The zero-order valence-electron chi connectivity index (χ0n) is 10.1. The Morgan fingerprint density at radius 3 is 2.67 bits per heavy atom. The van der Waals surface area contributed by atoms with Crippen molar-refractivity contribution in [1.29, 1.82) is 0 Å². The second-order valence-corrected chi connectivity index (χ2v) is 4.92. The molecule has 0 radical (unpaired) electrons. The highest BCUT2D eigenvalue weighted by molar-refractivity contribution is 7.80. The minimum Gasteiger partial charge on any atom is -0.369 e. The zero-order valence-corrected chi connectivity index (χ0v) is 10.9. The van der Waals surface area contributed by atoms with Crippen LogP contribution in [-0.2, 0) is 4.79 Å². The van der Waals surface area contributed by atoms with Crippen LogP contribution in [0.4, 0.5) is 5.69 Å². The average Bonchev–Trinajstić information content (AvgIpc) is 2.78. The molecule has 1 saturated carbocycles. The normalized spacial score (nSPS) is 22.4. The van der Waals surface area contributed by atoms with Gasteiger partial charge < -0.3 is 16.4 Å². The number of thiocarbonyl (C=S) groups is 1. The Morgan fingerprint density at radius 1 is 1.28 bits per heavy atom. The summed E-state index contributed by atoms with van der Waals surface area (Å²) in [5.74, 6) is -0.354. The molecule has 1 aliphatic carbocycles. The number of carbonyl (C=O) groups is 1. The van der Waals surface area contributed by atoms with E-state index in [2.05, 4.69) is 10.6 Å². The number of hydrogen-bond donors (Lipinski definition) is 3. The van der Waals surface area contributed by atoms with Gasteiger partial charge in [-0.3, -0.25) is 4.79 Å². The summed E-state index contributed by atoms with van der Waals surface area (Å²) in [5, 5.41) is 6.82. The highest BCUT2D eigenvalue weighted by atomic mass is 32.1. The number of para-hydroxylation sites is 1. The Labute approximate surface area is 112 Å². The first-order chi connectivity index (χ1) is 8.66. The van der Waals surface area contributed by atoms with E-state index in [1.807, 2.05) is 30.3 Å². The van der Waals surface area contributed by atoms with Gasteiger partial charge in [-0.1, -0.05) is 24.6 Å². The number of rotatable bonds is 3. The molecule has 96 valence electrons. The maximum Gasteiger partial charge on any atom is 0.222 e. The van der Waals surface area contributed by atoms with Crippen LogP contribution >= 0.6 is 12.2 Å². The van der Waals surface area contributed by atoms with E-state index in [1.165, 1.54) is 0 Å². The minimum atomic E-state index is -0.243. The van der Waals surface area contributed by atoms with Gasteiger partial charge >= 0.3 is 0 Å². The lowest BCUT2D eigenvalue weighted by molar-refractivity contribution is -0.122. The van der Waals surface area contributed by atoms with Gasteiger partial charge in [0.2, 0.25) is 5.91 Å². The van der Waals surface area contributed by atoms with Gasteiger partial charge in [0.05, 0.1) is 5.92 Å². The van der Waals surface area contributed by atoms with Gasteiger partial charge in [0, 0.05) is 11.7 Å². The molecule has 1 aromatic carbocycles. The van der Waals surface area contributed by atoms with Crippen LogP contribution in [-0.4, -0.2) is 17.1 Å². The molecule has 2 rings (SSSR count). The number of benzene rings is 1. The SMILES string of the molecule is NC(=O)[C@H]1CCC[C@@H]1NC(=S)Nc1ccccc1. The third kappa shape index (κ3) is 3.20. The first-order valence-electron chi connectivity index (χ1n) is 6.08. The number of carbonyl (C=O) groups excluding carboxylic acids is 1.